The zero-order chi connectivity index (χ0) is 14.5. The number of halogens is 1. The molecule has 2 rings (SSSR count). The van der Waals surface area contributed by atoms with Gasteiger partial charge in [-0.2, -0.15) is 0 Å². The number of anilines is 2. The van der Waals surface area contributed by atoms with Gasteiger partial charge in [-0.05, 0) is 43.2 Å². The average molecular weight is 335 g/mol. The third-order valence-corrected chi connectivity index (χ3v) is 3.65. The third kappa shape index (κ3) is 3.67. The van der Waals surface area contributed by atoms with E-state index in [1.54, 1.807) is 7.11 Å². The molecule has 3 N–H and O–H groups in total. The van der Waals surface area contributed by atoms with Gasteiger partial charge in [0.1, 0.15) is 5.75 Å². The molecule has 0 atom stereocenters. The Kier molecular flexibility index (Phi) is 4.90. The highest BCUT2D eigenvalue weighted by Crippen LogP contribution is 2.24. The van der Waals surface area contributed by atoms with Gasteiger partial charge in [-0.15, -0.1) is 0 Å². The van der Waals surface area contributed by atoms with Gasteiger partial charge in [0.25, 0.3) is 0 Å². The van der Waals surface area contributed by atoms with Crippen LogP contribution in [0, 0.1) is 6.92 Å². The summed E-state index contributed by atoms with van der Waals surface area (Å²) in [6, 6.07) is 12.1. The number of nitrogens with one attached hydrogen (secondary N) is 1. The van der Waals surface area contributed by atoms with Crippen LogP contribution < -0.4 is 15.8 Å². The lowest BCUT2D eigenvalue weighted by atomic mass is 10.1. The van der Waals surface area contributed by atoms with Crippen LogP contribution in [0.5, 0.6) is 5.75 Å². The molecule has 2 aromatic rings. The monoisotopic (exact) mass is 334 g/mol. The number of aryl methyl sites for hydroxylation is 1. The van der Waals surface area contributed by atoms with Crippen molar-refractivity contribution in [2.45, 2.75) is 13.3 Å². The number of methoxy groups -OCH3 is 1. The van der Waals surface area contributed by atoms with Crippen LogP contribution >= 0.6 is 15.9 Å². The molecule has 0 unspecified atom stereocenters. The first kappa shape index (κ1) is 14.7. The highest BCUT2D eigenvalue weighted by molar-refractivity contribution is 9.10. The van der Waals surface area contributed by atoms with Crippen molar-refractivity contribution in [1.29, 1.82) is 0 Å². The van der Waals surface area contributed by atoms with Gasteiger partial charge in [-0.1, -0.05) is 33.6 Å². The lowest BCUT2D eigenvalue weighted by molar-refractivity contribution is 0.410. The van der Waals surface area contributed by atoms with E-state index in [1.165, 1.54) is 11.1 Å². The quantitative estimate of drug-likeness (QED) is 0.812. The Labute approximate surface area is 128 Å². The predicted molar refractivity (Wildman–Crippen MR) is 88.5 cm³/mol. The van der Waals surface area contributed by atoms with E-state index < -0.39 is 0 Å². The summed E-state index contributed by atoms with van der Waals surface area (Å²) in [5.41, 5.74) is 10.1. The number of ether oxygens (including phenoxy) is 1. The van der Waals surface area contributed by atoms with Crippen molar-refractivity contribution in [3.63, 3.8) is 0 Å². The molecule has 0 aromatic heterocycles. The first-order valence-electron chi connectivity index (χ1n) is 6.52. The molecule has 0 heterocycles. The summed E-state index contributed by atoms with van der Waals surface area (Å²) in [7, 11) is 1.70. The lowest BCUT2D eigenvalue weighted by Gasteiger charge is -2.12. The van der Waals surface area contributed by atoms with Gasteiger partial charge in [0.15, 0.2) is 0 Å². The number of hydrogen-bond donors (Lipinski definition) is 2. The summed E-state index contributed by atoms with van der Waals surface area (Å²) in [4.78, 5) is 0. The van der Waals surface area contributed by atoms with Gasteiger partial charge in [0.2, 0.25) is 0 Å². The number of nitrogen functional groups attached to an aromatic ring is 1. The van der Waals surface area contributed by atoms with Crippen molar-refractivity contribution in [3.05, 3.63) is 52.0 Å². The largest absolute Gasteiger partial charge is 0.496 e. The molecule has 0 fully saturated rings. The second kappa shape index (κ2) is 6.66. The first-order chi connectivity index (χ1) is 9.60. The molecule has 0 spiro atoms. The van der Waals surface area contributed by atoms with Gasteiger partial charge >= 0.3 is 0 Å². The molecule has 4 heteroatoms. The van der Waals surface area contributed by atoms with Crippen LogP contribution in [0.2, 0.25) is 0 Å². The number of benzene rings is 2. The molecule has 20 heavy (non-hydrogen) atoms. The first-order valence-corrected chi connectivity index (χ1v) is 7.32. The lowest BCUT2D eigenvalue weighted by Crippen LogP contribution is -2.07. The van der Waals surface area contributed by atoms with Crippen molar-refractivity contribution < 1.29 is 4.74 Å². The van der Waals surface area contributed by atoms with E-state index >= 15 is 0 Å². The summed E-state index contributed by atoms with van der Waals surface area (Å²) in [6.45, 7) is 2.90. The summed E-state index contributed by atoms with van der Waals surface area (Å²) in [6.07, 6.45) is 0.889. The Morgan fingerprint density at radius 2 is 2.00 bits per heavy atom. The molecule has 0 aliphatic heterocycles. The maximum Gasteiger partial charge on any atom is 0.122 e. The maximum absolute atomic E-state index is 5.96. The molecular weight excluding hydrogens is 316 g/mol. The molecule has 0 saturated heterocycles. The topological polar surface area (TPSA) is 47.3 Å². The van der Waals surface area contributed by atoms with Crippen LogP contribution in [0.4, 0.5) is 11.4 Å². The van der Waals surface area contributed by atoms with Gasteiger partial charge < -0.3 is 15.8 Å². The molecule has 0 amide bonds. The van der Waals surface area contributed by atoms with Crippen molar-refractivity contribution in [2.75, 3.05) is 24.7 Å². The number of rotatable bonds is 5. The van der Waals surface area contributed by atoms with E-state index in [-0.39, 0.29) is 0 Å². The smallest absolute Gasteiger partial charge is 0.122 e. The van der Waals surface area contributed by atoms with Crippen molar-refractivity contribution in [2.24, 2.45) is 0 Å². The van der Waals surface area contributed by atoms with Crippen molar-refractivity contribution in [3.8, 4) is 5.75 Å². The van der Waals surface area contributed by atoms with Gasteiger partial charge in [0, 0.05) is 11.0 Å². The van der Waals surface area contributed by atoms with E-state index in [1.807, 2.05) is 24.3 Å². The highest BCUT2D eigenvalue weighted by atomic mass is 79.9. The fourth-order valence-corrected chi connectivity index (χ4v) is 2.51. The fraction of sp³-hybridized carbons (Fsp3) is 0.250. The summed E-state index contributed by atoms with van der Waals surface area (Å²) < 4.78 is 6.37. The highest BCUT2D eigenvalue weighted by Gasteiger charge is 2.04. The van der Waals surface area contributed by atoms with E-state index in [4.69, 9.17) is 10.5 Å². The van der Waals surface area contributed by atoms with E-state index in [0.717, 1.165) is 34.6 Å². The Morgan fingerprint density at radius 3 is 2.70 bits per heavy atom. The van der Waals surface area contributed by atoms with Crippen LogP contribution in [0.25, 0.3) is 0 Å². The molecular formula is C16H19BrN2O. The number of hydrogen-bond acceptors (Lipinski definition) is 3. The van der Waals surface area contributed by atoms with Crippen LogP contribution in [-0.4, -0.2) is 13.7 Å². The minimum Gasteiger partial charge on any atom is -0.496 e. The Hall–Kier alpha value is -1.68. The van der Waals surface area contributed by atoms with Crippen molar-refractivity contribution >= 4 is 27.3 Å². The fourth-order valence-electron chi connectivity index (χ4n) is 2.13. The van der Waals surface area contributed by atoms with Crippen LogP contribution in [0.15, 0.2) is 40.9 Å². The van der Waals surface area contributed by atoms with Gasteiger partial charge in [-0.3, -0.25) is 0 Å². The molecule has 2 aromatic carbocycles. The zero-order valence-electron chi connectivity index (χ0n) is 11.7. The van der Waals surface area contributed by atoms with E-state index in [9.17, 15) is 0 Å². The molecule has 0 radical (unpaired) electrons. The van der Waals surface area contributed by atoms with Crippen LogP contribution in [0.1, 0.15) is 11.1 Å². The zero-order valence-corrected chi connectivity index (χ0v) is 13.3. The predicted octanol–water partition coefficient (Wildman–Crippen LogP) is 4.00. The van der Waals surface area contributed by atoms with E-state index in [2.05, 4.69) is 40.3 Å². The molecule has 3 nitrogen and oxygen atoms in total. The molecule has 0 saturated carbocycles. The third-order valence-electron chi connectivity index (χ3n) is 3.16. The molecule has 106 valence electrons. The van der Waals surface area contributed by atoms with Crippen LogP contribution in [0.3, 0.4) is 0 Å². The molecule has 0 aliphatic carbocycles. The minimum atomic E-state index is 0.746. The molecule has 0 bridgehead atoms. The Bertz CT molecular complexity index is 599. The summed E-state index contributed by atoms with van der Waals surface area (Å²) in [5, 5.41) is 3.36. The second-order valence-electron chi connectivity index (χ2n) is 4.72. The summed E-state index contributed by atoms with van der Waals surface area (Å²) in [5.74, 6) is 0.932. The van der Waals surface area contributed by atoms with Crippen molar-refractivity contribution in [1.82, 2.24) is 0 Å². The van der Waals surface area contributed by atoms with Crippen LogP contribution in [-0.2, 0) is 6.42 Å². The van der Waals surface area contributed by atoms with E-state index in [0.29, 0.717) is 0 Å². The minimum absolute atomic E-state index is 0.746. The Balaban J connectivity index is 2.01. The maximum atomic E-state index is 5.96. The summed E-state index contributed by atoms with van der Waals surface area (Å²) >= 11 is 3.40. The average Bonchev–Trinajstić information content (AvgIpc) is 2.41. The SMILES string of the molecule is COc1ccc(C)cc1CCNc1ccc(Br)cc1N. The second-order valence-corrected chi connectivity index (χ2v) is 5.64. The standard InChI is InChI=1S/C16H19BrN2O/c1-11-3-6-16(20-2)12(9-11)7-8-19-15-5-4-13(17)10-14(15)18/h3-6,9-10,19H,7-8,18H2,1-2H3. The normalized spacial score (nSPS) is 10.3. The van der Waals surface area contributed by atoms with Gasteiger partial charge in [-0.25, -0.2) is 0 Å². The van der Waals surface area contributed by atoms with Gasteiger partial charge in [0.05, 0.1) is 18.5 Å². The number of nitrogens with two attached hydrogens (primary N) is 1. The Morgan fingerprint density at radius 1 is 1.20 bits per heavy atom. The molecule has 0 aliphatic rings.